The number of rotatable bonds is 4. The molecule has 2 aromatic heterocycles. The second kappa shape index (κ2) is 5.64. The summed E-state index contributed by atoms with van der Waals surface area (Å²) in [5.74, 6) is -0.627. The first-order valence-electron chi connectivity index (χ1n) is 5.95. The van der Waals surface area contributed by atoms with Crippen molar-refractivity contribution in [3.63, 3.8) is 0 Å². The van der Waals surface area contributed by atoms with Crippen LogP contribution in [0.25, 0.3) is 5.78 Å². The van der Waals surface area contributed by atoms with Crippen LogP contribution in [-0.2, 0) is 0 Å². The summed E-state index contributed by atoms with van der Waals surface area (Å²) in [5, 5.41) is 12.7. The van der Waals surface area contributed by atoms with E-state index < -0.39 is 31.8 Å². The number of aryl methyl sites for hydroxylation is 1. The molecule has 0 aliphatic carbocycles. The normalized spacial score (nSPS) is 11.9. The van der Waals surface area contributed by atoms with Crippen LogP contribution in [0.15, 0.2) is 12.5 Å². The molecule has 21 heavy (non-hydrogen) atoms. The first-order chi connectivity index (χ1) is 9.83. The van der Waals surface area contributed by atoms with Gasteiger partial charge in [0, 0.05) is 12.7 Å². The Morgan fingerprint density at radius 3 is 2.76 bits per heavy atom. The molecule has 2 rings (SSSR count). The Hall–Kier alpha value is -2.23. The SMILES string of the molecule is Cc1c(C(=O)N(CCO)CC(F)(F)F)cnc2ncnn12. The van der Waals surface area contributed by atoms with Crippen LogP contribution >= 0.6 is 0 Å². The van der Waals surface area contributed by atoms with E-state index in [4.69, 9.17) is 5.11 Å². The van der Waals surface area contributed by atoms with E-state index in [1.165, 1.54) is 17.8 Å². The number of carbonyl (C=O) groups is 1. The number of aliphatic hydroxyl groups excluding tert-OH is 1. The lowest BCUT2D eigenvalue weighted by Gasteiger charge is -2.23. The smallest absolute Gasteiger partial charge is 0.395 e. The molecule has 0 spiro atoms. The second-order valence-electron chi connectivity index (χ2n) is 4.29. The van der Waals surface area contributed by atoms with E-state index >= 15 is 0 Å². The van der Waals surface area contributed by atoms with Gasteiger partial charge in [-0.2, -0.15) is 23.3 Å². The molecule has 0 fully saturated rings. The maximum Gasteiger partial charge on any atom is 0.406 e. The van der Waals surface area contributed by atoms with Gasteiger partial charge >= 0.3 is 6.18 Å². The van der Waals surface area contributed by atoms with E-state index in [2.05, 4.69) is 15.1 Å². The zero-order chi connectivity index (χ0) is 15.6. The highest BCUT2D eigenvalue weighted by molar-refractivity contribution is 5.95. The Bertz CT molecular complexity index is 655. The highest BCUT2D eigenvalue weighted by Crippen LogP contribution is 2.19. The number of fused-ring (bicyclic) bond motifs is 1. The zero-order valence-corrected chi connectivity index (χ0v) is 11.0. The van der Waals surface area contributed by atoms with Gasteiger partial charge in [-0.25, -0.2) is 9.50 Å². The average Bonchev–Trinajstić information content (AvgIpc) is 2.85. The molecule has 10 heteroatoms. The summed E-state index contributed by atoms with van der Waals surface area (Å²) in [7, 11) is 0. The summed E-state index contributed by atoms with van der Waals surface area (Å²) >= 11 is 0. The topological polar surface area (TPSA) is 83.6 Å². The molecule has 0 aliphatic rings. The number of nitrogens with zero attached hydrogens (tertiary/aromatic N) is 5. The standard InChI is InChI=1S/C11H12F3N5O2/c1-7-8(4-15-10-16-6-17-19(7)10)9(21)18(2-3-20)5-11(12,13)14/h4,6,20H,2-3,5H2,1H3. The highest BCUT2D eigenvalue weighted by atomic mass is 19.4. The van der Waals surface area contributed by atoms with Gasteiger partial charge < -0.3 is 10.0 Å². The third-order valence-electron chi connectivity index (χ3n) is 2.80. The minimum atomic E-state index is -4.55. The quantitative estimate of drug-likeness (QED) is 0.885. The number of hydrogen-bond acceptors (Lipinski definition) is 5. The lowest BCUT2D eigenvalue weighted by atomic mass is 10.2. The van der Waals surface area contributed by atoms with Crippen LogP contribution < -0.4 is 0 Å². The Balaban J connectivity index is 2.36. The van der Waals surface area contributed by atoms with E-state index in [1.54, 1.807) is 0 Å². The first kappa shape index (κ1) is 15.2. The summed E-state index contributed by atoms with van der Waals surface area (Å²) in [6, 6.07) is 0. The summed E-state index contributed by atoms with van der Waals surface area (Å²) in [4.78, 5) is 20.4. The van der Waals surface area contributed by atoms with Crippen molar-refractivity contribution >= 4 is 11.7 Å². The van der Waals surface area contributed by atoms with Crippen molar-refractivity contribution in [3.05, 3.63) is 23.8 Å². The van der Waals surface area contributed by atoms with Crippen LogP contribution in [0.2, 0.25) is 0 Å². The van der Waals surface area contributed by atoms with E-state index in [0.29, 0.717) is 10.6 Å². The molecule has 0 aliphatic heterocycles. The van der Waals surface area contributed by atoms with Crippen molar-refractivity contribution in [2.75, 3.05) is 19.7 Å². The number of aromatic nitrogens is 4. The Labute approximate surface area is 117 Å². The van der Waals surface area contributed by atoms with Gasteiger partial charge in [-0.1, -0.05) is 0 Å². The Kier molecular flexibility index (Phi) is 4.07. The van der Waals surface area contributed by atoms with Gasteiger partial charge in [0.1, 0.15) is 12.9 Å². The van der Waals surface area contributed by atoms with Crippen molar-refractivity contribution in [2.45, 2.75) is 13.1 Å². The molecule has 2 aromatic rings. The average molecular weight is 303 g/mol. The van der Waals surface area contributed by atoms with Gasteiger partial charge in [-0.05, 0) is 6.92 Å². The Morgan fingerprint density at radius 1 is 1.43 bits per heavy atom. The van der Waals surface area contributed by atoms with E-state index in [9.17, 15) is 18.0 Å². The van der Waals surface area contributed by atoms with Crippen LogP contribution in [0.4, 0.5) is 13.2 Å². The van der Waals surface area contributed by atoms with Crippen LogP contribution in [0.5, 0.6) is 0 Å². The third-order valence-corrected chi connectivity index (χ3v) is 2.80. The molecular formula is C11H12F3N5O2. The predicted octanol–water partition coefficient (Wildman–Crippen LogP) is 0.430. The molecule has 0 bridgehead atoms. The number of alkyl halides is 3. The van der Waals surface area contributed by atoms with Crippen molar-refractivity contribution in [3.8, 4) is 0 Å². The molecule has 0 aromatic carbocycles. The number of hydrogen-bond donors (Lipinski definition) is 1. The number of halogens is 3. The van der Waals surface area contributed by atoms with Crippen LogP contribution in [0.1, 0.15) is 16.1 Å². The first-order valence-corrected chi connectivity index (χ1v) is 5.95. The monoisotopic (exact) mass is 303 g/mol. The molecule has 1 amide bonds. The molecule has 114 valence electrons. The van der Waals surface area contributed by atoms with E-state index in [-0.39, 0.29) is 11.3 Å². The molecular weight excluding hydrogens is 291 g/mol. The maximum atomic E-state index is 12.5. The van der Waals surface area contributed by atoms with Crippen molar-refractivity contribution in [1.29, 1.82) is 0 Å². The van der Waals surface area contributed by atoms with Crippen LogP contribution in [0, 0.1) is 6.92 Å². The molecule has 0 unspecified atom stereocenters. The highest BCUT2D eigenvalue weighted by Gasteiger charge is 2.33. The zero-order valence-electron chi connectivity index (χ0n) is 11.0. The van der Waals surface area contributed by atoms with Gasteiger partial charge in [-0.15, -0.1) is 0 Å². The minimum Gasteiger partial charge on any atom is -0.395 e. The van der Waals surface area contributed by atoms with Crippen molar-refractivity contribution < 1.29 is 23.1 Å². The molecule has 0 saturated heterocycles. The summed E-state index contributed by atoms with van der Waals surface area (Å²) in [5.41, 5.74) is 0.304. The lowest BCUT2D eigenvalue weighted by molar-refractivity contribution is -0.141. The van der Waals surface area contributed by atoms with Crippen molar-refractivity contribution in [2.24, 2.45) is 0 Å². The third kappa shape index (κ3) is 3.27. The van der Waals surface area contributed by atoms with Crippen LogP contribution in [0.3, 0.4) is 0 Å². The van der Waals surface area contributed by atoms with Gasteiger partial charge in [0.15, 0.2) is 0 Å². The van der Waals surface area contributed by atoms with Crippen LogP contribution in [-0.4, -0.2) is 61.4 Å². The number of carbonyl (C=O) groups excluding carboxylic acids is 1. The van der Waals surface area contributed by atoms with Gasteiger partial charge in [0.2, 0.25) is 0 Å². The van der Waals surface area contributed by atoms with Gasteiger partial charge in [0.25, 0.3) is 11.7 Å². The fourth-order valence-corrected chi connectivity index (χ4v) is 1.86. The predicted molar refractivity (Wildman–Crippen MR) is 64.6 cm³/mol. The summed E-state index contributed by atoms with van der Waals surface area (Å²) in [6.45, 7) is -0.907. The molecule has 1 N–H and O–H groups in total. The number of amides is 1. The van der Waals surface area contributed by atoms with Gasteiger partial charge in [-0.3, -0.25) is 4.79 Å². The molecule has 0 saturated carbocycles. The molecule has 7 nitrogen and oxygen atoms in total. The fraction of sp³-hybridized carbons (Fsp3) is 0.455. The Morgan fingerprint density at radius 2 is 2.14 bits per heavy atom. The molecule has 0 atom stereocenters. The fourth-order valence-electron chi connectivity index (χ4n) is 1.86. The second-order valence-corrected chi connectivity index (χ2v) is 4.29. The molecule has 2 heterocycles. The minimum absolute atomic E-state index is 0.0225. The largest absolute Gasteiger partial charge is 0.406 e. The molecule has 0 radical (unpaired) electrons. The summed E-state index contributed by atoms with van der Waals surface area (Å²) in [6.07, 6.45) is -2.17. The van der Waals surface area contributed by atoms with Crippen molar-refractivity contribution in [1.82, 2.24) is 24.5 Å². The lowest BCUT2D eigenvalue weighted by Crippen LogP contribution is -2.41. The number of aliphatic hydroxyl groups is 1. The van der Waals surface area contributed by atoms with Gasteiger partial charge in [0.05, 0.1) is 17.9 Å². The van der Waals surface area contributed by atoms with E-state index in [1.807, 2.05) is 0 Å². The maximum absolute atomic E-state index is 12.5. The summed E-state index contributed by atoms with van der Waals surface area (Å²) < 4.78 is 38.7. The van der Waals surface area contributed by atoms with E-state index in [0.717, 1.165) is 6.20 Å².